The van der Waals surface area contributed by atoms with Gasteiger partial charge in [0.05, 0.1) is 6.54 Å². The summed E-state index contributed by atoms with van der Waals surface area (Å²) in [5, 5.41) is 5.69. The molecule has 0 heterocycles. The van der Waals surface area contributed by atoms with E-state index in [1.807, 2.05) is 12.1 Å². The highest BCUT2D eigenvalue weighted by Gasteiger charge is 2.13. The molecule has 1 aliphatic rings. The molecule has 0 unspecified atom stereocenters. The standard InChI is InChI=1S/C18H18F2N2O/c19-15-9-8-13(10-16(15)20)22-18(23)11-21-17-7-3-5-12-4-1-2-6-14(12)17/h3,5,7-10,21H,1-2,4,6,11H2,(H,22,23). The van der Waals surface area contributed by atoms with Gasteiger partial charge in [-0.25, -0.2) is 8.78 Å². The van der Waals surface area contributed by atoms with E-state index in [1.165, 1.54) is 23.6 Å². The van der Waals surface area contributed by atoms with Crippen LogP contribution in [-0.4, -0.2) is 12.5 Å². The zero-order valence-corrected chi connectivity index (χ0v) is 12.7. The first-order valence-corrected chi connectivity index (χ1v) is 7.73. The van der Waals surface area contributed by atoms with Crippen LogP contribution in [0.25, 0.3) is 0 Å². The fraction of sp³-hybridized carbons (Fsp3) is 0.278. The molecule has 0 saturated heterocycles. The monoisotopic (exact) mass is 316 g/mol. The quantitative estimate of drug-likeness (QED) is 0.898. The van der Waals surface area contributed by atoms with Crippen molar-refractivity contribution >= 4 is 17.3 Å². The van der Waals surface area contributed by atoms with Crippen LogP contribution in [-0.2, 0) is 17.6 Å². The molecule has 0 bridgehead atoms. The Morgan fingerprint density at radius 1 is 1.04 bits per heavy atom. The maximum atomic E-state index is 13.1. The van der Waals surface area contributed by atoms with E-state index in [-0.39, 0.29) is 18.1 Å². The maximum Gasteiger partial charge on any atom is 0.243 e. The van der Waals surface area contributed by atoms with Gasteiger partial charge in [-0.1, -0.05) is 12.1 Å². The average Bonchev–Trinajstić information content (AvgIpc) is 2.56. The van der Waals surface area contributed by atoms with Crippen molar-refractivity contribution in [3.63, 3.8) is 0 Å². The summed E-state index contributed by atoms with van der Waals surface area (Å²) >= 11 is 0. The Hall–Kier alpha value is -2.43. The molecule has 3 nitrogen and oxygen atoms in total. The average molecular weight is 316 g/mol. The molecule has 0 aliphatic heterocycles. The van der Waals surface area contributed by atoms with Crippen molar-refractivity contribution < 1.29 is 13.6 Å². The van der Waals surface area contributed by atoms with Crippen molar-refractivity contribution in [2.75, 3.05) is 17.2 Å². The summed E-state index contributed by atoms with van der Waals surface area (Å²) in [6.45, 7) is 0.0788. The molecule has 1 amide bonds. The topological polar surface area (TPSA) is 41.1 Å². The second-order valence-electron chi connectivity index (χ2n) is 5.68. The van der Waals surface area contributed by atoms with Crippen LogP contribution in [0.5, 0.6) is 0 Å². The van der Waals surface area contributed by atoms with E-state index < -0.39 is 11.6 Å². The lowest BCUT2D eigenvalue weighted by Crippen LogP contribution is -2.22. The number of amides is 1. The molecule has 2 N–H and O–H groups in total. The number of aryl methyl sites for hydroxylation is 1. The number of carbonyl (C=O) groups is 1. The lowest BCUT2D eigenvalue weighted by atomic mass is 9.90. The van der Waals surface area contributed by atoms with Crippen molar-refractivity contribution in [3.05, 3.63) is 59.2 Å². The zero-order chi connectivity index (χ0) is 16.2. The van der Waals surface area contributed by atoms with Gasteiger partial charge in [0.25, 0.3) is 0 Å². The van der Waals surface area contributed by atoms with Crippen LogP contribution in [0.2, 0.25) is 0 Å². The molecule has 0 saturated carbocycles. The second kappa shape index (κ2) is 6.77. The Kier molecular flexibility index (Phi) is 4.55. The molecule has 0 spiro atoms. The van der Waals surface area contributed by atoms with Gasteiger partial charge < -0.3 is 10.6 Å². The third-order valence-electron chi connectivity index (χ3n) is 4.04. The third kappa shape index (κ3) is 3.67. The number of carbonyl (C=O) groups excluding carboxylic acids is 1. The molecule has 2 aromatic carbocycles. The minimum absolute atomic E-state index is 0.0788. The highest BCUT2D eigenvalue weighted by molar-refractivity contribution is 5.93. The first-order valence-electron chi connectivity index (χ1n) is 7.73. The molecule has 23 heavy (non-hydrogen) atoms. The Morgan fingerprint density at radius 3 is 2.70 bits per heavy atom. The number of benzene rings is 2. The van der Waals surface area contributed by atoms with Crippen molar-refractivity contribution in [2.45, 2.75) is 25.7 Å². The van der Waals surface area contributed by atoms with Crippen molar-refractivity contribution in [1.82, 2.24) is 0 Å². The number of nitrogens with one attached hydrogen (secondary N) is 2. The molecule has 120 valence electrons. The first kappa shape index (κ1) is 15.5. The number of anilines is 2. The number of hydrogen-bond acceptors (Lipinski definition) is 2. The minimum Gasteiger partial charge on any atom is -0.376 e. The van der Waals surface area contributed by atoms with Gasteiger partial charge in [-0.2, -0.15) is 0 Å². The fourth-order valence-corrected chi connectivity index (χ4v) is 2.90. The lowest BCUT2D eigenvalue weighted by Gasteiger charge is -2.20. The predicted molar refractivity (Wildman–Crippen MR) is 86.6 cm³/mol. The van der Waals surface area contributed by atoms with Gasteiger partial charge in [0, 0.05) is 17.4 Å². The van der Waals surface area contributed by atoms with Crippen molar-refractivity contribution in [1.29, 1.82) is 0 Å². The van der Waals surface area contributed by atoms with Crippen LogP contribution in [0.1, 0.15) is 24.0 Å². The normalized spacial score (nSPS) is 13.3. The number of rotatable bonds is 4. The molecule has 5 heteroatoms. The van der Waals surface area contributed by atoms with Gasteiger partial charge in [0.15, 0.2) is 11.6 Å². The summed E-state index contributed by atoms with van der Waals surface area (Å²) in [5.74, 6) is -2.21. The van der Waals surface area contributed by atoms with Gasteiger partial charge in [-0.05, 0) is 55.0 Å². The summed E-state index contributed by atoms with van der Waals surface area (Å²) < 4.78 is 26.0. The molecule has 0 atom stereocenters. The van der Waals surface area contributed by atoms with E-state index in [9.17, 15) is 13.6 Å². The molecular weight excluding hydrogens is 298 g/mol. The Labute approximate surface area is 133 Å². The van der Waals surface area contributed by atoms with E-state index in [1.54, 1.807) is 0 Å². The van der Waals surface area contributed by atoms with Gasteiger partial charge in [0.2, 0.25) is 5.91 Å². The maximum absolute atomic E-state index is 13.1. The van der Waals surface area contributed by atoms with Gasteiger partial charge in [0.1, 0.15) is 0 Å². The SMILES string of the molecule is O=C(CNc1cccc2c1CCCC2)Nc1ccc(F)c(F)c1. The highest BCUT2D eigenvalue weighted by Crippen LogP contribution is 2.27. The van der Waals surface area contributed by atoms with Gasteiger partial charge in [-0.15, -0.1) is 0 Å². The van der Waals surface area contributed by atoms with Crippen LogP contribution >= 0.6 is 0 Å². The second-order valence-corrected chi connectivity index (χ2v) is 5.68. The van der Waals surface area contributed by atoms with E-state index in [4.69, 9.17) is 0 Å². The van der Waals surface area contributed by atoms with Gasteiger partial charge >= 0.3 is 0 Å². The van der Waals surface area contributed by atoms with Gasteiger partial charge in [-0.3, -0.25) is 4.79 Å². The van der Waals surface area contributed by atoms with Crippen LogP contribution < -0.4 is 10.6 Å². The Balaban J connectivity index is 1.62. The largest absolute Gasteiger partial charge is 0.376 e. The minimum atomic E-state index is -0.979. The summed E-state index contributed by atoms with van der Waals surface area (Å²) in [7, 11) is 0. The van der Waals surface area contributed by atoms with Crippen LogP contribution in [0.3, 0.4) is 0 Å². The highest BCUT2D eigenvalue weighted by atomic mass is 19.2. The zero-order valence-electron chi connectivity index (χ0n) is 12.7. The summed E-state index contributed by atoms with van der Waals surface area (Å²) in [6.07, 6.45) is 4.45. The molecule has 0 fully saturated rings. The first-order chi connectivity index (χ1) is 11.1. The number of halogens is 2. The number of hydrogen-bond donors (Lipinski definition) is 2. The molecule has 2 aromatic rings. The van der Waals surface area contributed by atoms with E-state index >= 15 is 0 Å². The van der Waals surface area contributed by atoms with E-state index in [0.717, 1.165) is 37.1 Å². The van der Waals surface area contributed by atoms with Crippen molar-refractivity contribution in [3.8, 4) is 0 Å². The van der Waals surface area contributed by atoms with Crippen LogP contribution in [0.15, 0.2) is 36.4 Å². The van der Waals surface area contributed by atoms with Crippen LogP contribution in [0, 0.1) is 11.6 Å². The Bertz CT molecular complexity index is 731. The predicted octanol–water partition coefficient (Wildman–Crippen LogP) is 3.89. The Morgan fingerprint density at radius 2 is 1.87 bits per heavy atom. The fourth-order valence-electron chi connectivity index (χ4n) is 2.90. The summed E-state index contributed by atoms with van der Waals surface area (Å²) in [6, 6.07) is 9.38. The summed E-state index contributed by atoms with van der Waals surface area (Å²) in [5.41, 5.74) is 3.83. The number of fused-ring (bicyclic) bond motifs is 1. The summed E-state index contributed by atoms with van der Waals surface area (Å²) in [4.78, 5) is 12.0. The lowest BCUT2D eigenvalue weighted by molar-refractivity contribution is -0.114. The van der Waals surface area contributed by atoms with Crippen molar-refractivity contribution in [2.24, 2.45) is 0 Å². The van der Waals surface area contributed by atoms with Crippen LogP contribution in [0.4, 0.5) is 20.2 Å². The van der Waals surface area contributed by atoms with E-state index in [0.29, 0.717) is 0 Å². The molecule has 1 aliphatic carbocycles. The molecule has 0 radical (unpaired) electrons. The molecule has 3 rings (SSSR count). The molecule has 0 aromatic heterocycles. The van der Waals surface area contributed by atoms with E-state index in [2.05, 4.69) is 16.7 Å². The third-order valence-corrected chi connectivity index (χ3v) is 4.04. The molecular formula is C18H18F2N2O. The smallest absolute Gasteiger partial charge is 0.243 e.